The van der Waals surface area contributed by atoms with Crippen molar-refractivity contribution in [2.24, 2.45) is 0 Å². The van der Waals surface area contributed by atoms with E-state index in [9.17, 15) is 13.2 Å². The van der Waals surface area contributed by atoms with E-state index in [0.29, 0.717) is 5.69 Å². The molecule has 5 nitrogen and oxygen atoms in total. The first-order valence-corrected chi connectivity index (χ1v) is 11.2. The fourth-order valence-corrected chi connectivity index (χ4v) is 4.26. The molecular formula is C21H20N2O3S2. The van der Waals surface area contributed by atoms with E-state index in [0.717, 1.165) is 10.5 Å². The molecule has 0 aromatic heterocycles. The molecule has 3 aromatic carbocycles. The molecule has 144 valence electrons. The van der Waals surface area contributed by atoms with E-state index in [4.69, 9.17) is 0 Å². The molecule has 0 unspecified atom stereocenters. The number of hydrogen-bond donors (Lipinski definition) is 2. The number of nitrogens with one attached hydrogen (secondary N) is 2. The van der Waals surface area contributed by atoms with Crippen molar-refractivity contribution in [3.63, 3.8) is 0 Å². The number of hydrogen-bond acceptors (Lipinski definition) is 4. The minimum absolute atomic E-state index is 0.140. The molecule has 0 aliphatic carbocycles. The lowest BCUT2D eigenvalue weighted by molar-refractivity contribution is 0.102. The second-order valence-corrected chi connectivity index (χ2v) is 8.65. The summed E-state index contributed by atoms with van der Waals surface area (Å²) in [5.74, 6) is -0.385. The number of carbonyl (C=O) groups is 1. The first-order chi connectivity index (χ1) is 13.4. The van der Waals surface area contributed by atoms with Crippen molar-refractivity contribution >= 4 is 39.1 Å². The van der Waals surface area contributed by atoms with E-state index in [1.807, 2.05) is 37.4 Å². The molecule has 1 amide bonds. The first kappa shape index (κ1) is 20.0. The lowest BCUT2D eigenvalue weighted by Gasteiger charge is -2.14. The van der Waals surface area contributed by atoms with Crippen LogP contribution in [-0.4, -0.2) is 20.6 Å². The van der Waals surface area contributed by atoms with Crippen LogP contribution in [0, 0.1) is 6.92 Å². The topological polar surface area (TPSA) is 75.3 Å². The Balaban J connectivity index is 1.88. The molecule has 0 fully saturated rings. The first-order valence-electron chi connectivity index (χ1n) is 8.53. The average molecular weight is 413 g/mol. The number of benzene rings is 3. The molecular weight excluding hydrogens is 392 g/mol. The molecule has 0 saturated heterocycles. The van der Waals surface area contributed by atoms with Crippen molar-refractivity contribution in [2.45, 2.75) is 16.7 Å². The number of amides is 1. The highest BCUT2D eigenvalue weighted by Gasteiger charge is 2.19. The predicted octanol–water partition coefficient (Wildman–Crippen LogP) is 4.77. The quantitative estimate of drug-likeness (QED) is 0.572. The third-order valence-electron chi connectivity index (χ3n) is 4.10. The van der Waals surface area contributed by atoms with E-state index in [1.165, 1.54) is 23.9 Å². The van der Waals surface area contributed by atoms with Crippen molar-refractivity contribution < 1.29 is 13.2 Å². The van der Waals surface area contributed by atoms with Gasteiger partial charge in [0.25, 0.3) is 15.9 Å². The summed E-state index contributed by atoms with van der Waals surface area (Å²) >= 11 is 1.52. The van der Waals surface area contributed by atoms with Gasteiger partial charge < -0.3 is 5.32 Å². The highest BCUT2D eigenvalue weighted by Crippen LogP contribution is 2.27. The van der Waals surface area contributed by atoms with Crippen LogP contribution in [0.3, 0.4) is 0 Å². The highest BCUT2D eigenvalue weighted by molar-refractivity contribution is 7.98. The number of anilines is 2. The number of aryl methyl sites for hydroxylation is 1. The van der Waals surface area contributed by atoms with Gasteiger partial charge in [-0.1, -0.05) is 42.0 Å². The summed E-state index contributed by atoms with van der Waals surface area (Å²) in [5.41, 5.74) is 2.11. The van der Waals surface area contributed by atoms with E-state index < -0.39 is 10.0 Å². The van der Waals surface area contributed by atoms with Gasteiger partial charge in [-0.25, -0.2) is 8.42 Å². The molecule has 3 rings (SSSR count). The summed E-state index contributed by atoms with van der Waals surface area (Å²) in [4.78, 5) is 13.9. The lowest BCUT2D eigenvalue weighted by atomic mass is 10.1. The molecule has 0 heterocycles. The Hall–Kier alpha value is -2.77. The van der Waals surface area contributed by atoms with Gasteiger partial charge in [0.05, 0.1) is 21.8 Å². The van der Waals surface area contributed by atoms with Crippen LogP contribution in [0.2, 0.25) is 0 Å². The second-order valence-electron chi connectivity index (χ2n) is 6.12. The van der Waals surface area contributed by atoms with Gasteiger partial charge in [0.2, 0.25) is 0 Å². The zero-order chi connectivity index (χ0) is 20.1. The Bertz CT molecular complexity index is 1090. The van der Waals surface area contributed by atoms with Crippen molar-refractivity contribution in [2.75, 3.05) is 16.3 Å². The monoisotopic (exact) mass is 412 g/mol. The molecule has 3 aromatic rings. The van der Waals surface area contributed by atoms with Crippen LogP contribution in [0.25, 0.3) is 0 Å². The van der Waals surface area contributed by atoms with Crippen LogP contribution in [-0.2, 0) is 10.0 Å². The summed E-state index contributed by atoms with van der Waals surface area (Å²) < 4.78 is 27.9. The Morgan fingerprint density at radius 1 is 0.857 bits per heavy atom. The van der Waals surface area contributed by atoms with Gasteiger partial charge in [-0.05, 0) is 49.6 Å². The smallest absolute Gasteiger partial charge is 0.261 e. The molecule has 0 bridgehead atoms. The third kappa shape index (κ3) is 4.55. The van der Waals surface area contributed by atoms with E-state index >= 15 is 0 Å². The number of sulfonamides is 1. The number of carbonyl (C=O) groups excluding carboxylic acids is 1. The van der Waals surface area contributed by atoms with Crippen molar-refractivity contribution in [1.82, 2.24) is 0 Å². The van der Waals surface area contributed by atoms with Crippen LogP contribution in [0.15, 0.2) is 82.6 Å². The molecule has 0 aliphatic rings. The summed E-state index contributed by atoms with van der Waals surface area (Å²) in [6.45, 7) is 1.88. The minimum Gasteiger partial charge on any atom is -0.321 e. The Morgan fingerprint density at radius 2 is 1.46 bits per heavy atom. The van der Waals surface area contributed by atoms with Crippen LogP contribution < -0.4 is 10.0 Å². The predicted molar refractivity (Wildman–Crippen MR) is 115 cm³/mol. The average Bonchev–Trinajstić information content (AvgIpc) is 2.69. The van der Waals surface area contributed by atoms with Crippen LogP contribution >= 0.6 is 11.8 Å². The maximum atomic E-state index is 12.8. The summed E-state index contributed by atoms with van der Waals surface area (Å²) in [5, 5.41) is 2.86. The third-order valence-corrected chi connectivity index (χ3v) is 6.28. The molecule has 0 saturated carbocycles. The molecule has 28 heavy (non-hydrogen) atoms. The Morgan fingerprint density at radius 3 is 2.14 bits per heavy atom. The van der Waals surface area contributed by atoms with Crippen LogP contribution in [0.4, 0.5) is 11.4 Å². The summed E-state index contributed by atoms with van der Waals surface area (Å²) in [6.07, 6.45) is 1.93. The van der Waals surface area contributed by atoms with Crippen LogP contribution in [0.5, 0.6) is 0 Å². The fourth-order valence-electron chi connectivity index (χ4n) is 2.63. The van der Waals surface area contributed by atoms with Gasteiger partial charge in [-0.2, -0.15) is 0 Å². The number of thioether (sulfide) groups is 1. The molecule has 0 spiro atoms. The summed E-state index contributed by atoms with van der Waals surface area (Å²) in [6, 6.07) is 20.5. The molecule has 0 atom stereocenters. The van der Waals surface area contributed by atoms with Gasteiger partial charge in [-0.15, -0.1) is 11.8 Å². The lowest BCUT2D eigenvalue weighted by Crippen LogP contribution is -2.18. The molecule has 2 N–H and O–H groups in total. The maximum Gasteiger partial charge on any atom is 0.261 e. The zero-order valence-electron chi connectivity index (χ0n) is 15.5. The maximum absolute atomic E-state index is 12.8. The Kier molecular flexibility index (Phi) is 6.06. The highest BCUT2D eigenvalue weighted by atomic mass is 32.2. The Labute approximate surface area is 169 Å². The van der Waals surface area contributed by atoms with Crippen LogP contribution in [0.1, 0.15) is 15.9 Å². The van der Waals surface area contributed by atoms with Gasteiger partial charge in [-0.3, -0.25) is 9.52 Å². The normalized spacial score (nSPS) is 11.1. The van der Waals surface area contributed by atoms with E-state index in [-0.39, 0.29) is 22.1 Å². The van der Waals surface area contributed by atoms with Gasteiger partial charge >= 0.3 is 0 Å². The molecule has 0 aliphatic heterocycles. The zero-order valence-corrected chi connectivity index (χ0v) is 17.1. The number of para-hydroxylation sites is 2. The van der Waals surface area contributed by atoms with Gasteiger partial charge in [0.1, 0.15) is 0 Å². The van der Waals surface area contributed by atoms with Gasteiger partial charge in [0.15, 0.2) is 0 Å². The minimum atomic E-state index is -3.81. The fraction of sp³-hybridized carbons (Fsp3) is 0.0952. The van der Waals surface area contributed by atoms with E-state index in [1.54, 1.807) is 36.4 Å². The van der Waals surface area contributed by atoms with Crippen molar-refractivity contribution in [1.29, 1.82) is 0 Å². The van der Waals surface area contributed by atoms with Gasteiger partial charge in [0, 0.05) is 4.90 Å². The van der Waals surface area contributed by atoms with Crippen molar-refractivity contribution in [3.8, 4) is 0 Å². The summed E-state index contributed by atoms with van der Waals surface area (Å²) in [7, 11) is -3.81. The number of rotatable bonds is 6. The van der Waals surface area contributed by atoms with Crippen molar-refractivity contribution in [3.05, 3.63) is 83.9 Å². The standard InChI is InChI=1S/C21H20N2O3S2/c1-15-11-13-16(14-12-15)28(25,26)23-18-8-4-3-7-17(18)21(24)22-19-9-5-6-10-20(19)27-2/h3-14,23H,1-2H3,(H,22,24). The van der Waals surface area contributed by atoms with E-state index in [2.05, 4.69) is 10.0 Å². The second kappa shape index (κ2) is 8.50. The molecule has 7 heteroatoms. The molecule has 0 radical (unpaired) electrons. The SMILES string of the molecule is CSc1ccccc1NC(=O)c1ccccc1NS(=O)(=O)c1ccc(C)cc1. The largest absolute Gasteiger partial charge is 0.321 e.